The van der Waals surface area contributed by atoms with E-state index in [-0.39, 0.29) is 18.3 Å². The van der Waals surface area contributed by atoms with Crippen LogP contribution in [0.2, 0.25) is 0 Å². The topological polar surface area (TPSA) is 71.8 Å². The Morgan fingerprint density at radius 2 is 2.04 bits per heavy atom. The van der Waals surface area contributed by atoms with Gasteiger partial charge in [0, 0.05) is 12.1 Å². The molecule has 1 aliphatic rings. The fourth-order valence-corrected chi connectivity index (χ4v) is 3.31. The summed E-state index contributed by atoms with van der Waals surface area (Å²) in [6, 6.07) is 9.90. The molecule has 25 heavy (non-hydrogen) atoms. The van der Waals surface area contributed by atoms with Gasteiger partial charge < -0.3 is 10.6 Å². The van der Waals surface area contributed by atoms with E-state index < -0.39 is 0 Å². The second-order valence-corrected chi connectivity index (χ2v) is 6.50. The first-order valence-corrected chi connectivity index (χ1v) is 8.66. The first-order chi connectivity index (χ1) is 11.7. The molecule has 1 unspecified atom stereocenters. The van der Waals surface area contributed by atoms with Crippen LogP contribution in [0.4, 0.5) is 0 Å². The molecule has 136 valence electrons. The van der Waals surface area contributed by atoms with Crippen LogP contribution in [0.1, 0.15) is 32.0 Å². The van der Waals surface area contributed by atoms with Crippen molar-refractivity contribution in [3.8, 4) is 5.69 Å². The Balaban J connectivity index is 0.00000225. The van der Waals surface area contributed by atoms with Crippen LogP contribution < -0.4 is 10.6 Å². The molecule has 0 bridgehead atoms. The van der Waals surface area contributed by atoms with Crippen LogP contribution >= 0.6 is 12.4 Å². The number of carbonyl (C=O) groups is 1. The number of nitrogens with zero attached hydrogens (tertiary/aromatic N) is 3. The first-order valence-electron chi connectivity index (χ1n) is 8.66. The molecule has 0 spiro atoms. The summed E-state index contributed by atoms with van der Waals surface area (Å²) in [6.07, 6.45) is 4.58. The summed E-state index contributed by atoms with van der Waals surface area (Å²) in [5, 5.41) is 14.4. The van der Waals surface area contributed by atoms with E-state index in [9.17, 15) is 4.79 Å². The van der Waals surface area contributed by atoms with Crippen LogP contribution in [-0.4, -0.2) is 33.8 Å². The number of amides is 1. The van der Waals surface area contributed by atoms with Crippen molar-refractivity contribution >= 4 is 18.3 Å². The van der Waals surface area contributed by atoms with Gasteiger partial charge in [0.1, 0.15) is 6.33 Å². The van der Waals surface area contributed by atoms with E-state index in [0.717, 1.165) is 37.4 Å². The Hall–Kier alpha value is -1.92. The zero-order valence-electron chi connectivity index (χ0n) is 14.5. The third kappa shape index (κ3) is 5.28. The lowest BCUT2D eigenvalue weighted by Gasteiger charge is -2.27. The molecular weight excluding hydrogens is 338 g/mol. The Bertz CT molecular complexity index is 654. The third-order valence-electron chi connectivity index (χ3n) is 4.79. The number of carbonyl (C=O) groups excluding carboxylic acids is 1. The van der Waals surface area contributed by atoms with Crippen LogP contribution in [-0.2, 0) is 11.3 Å². The van der Waals surface area contributed by atoms with Crippen molar-refractivity contribution < 1.29 is 4.79 Å². The van der Waals surface area contributed by atoms with Crippen LogP contribution in [0.5, 0.6) is 0 Å². The number of hydrogen-bond donors (Lipinski definition) is 2. The molecule has 0 aliphatic carbocycles. The number of benzene rings is 1. The van der Waals surface area contributed by atoms with Gasteiger partial charge in [0.2, 0.25) is 5.91 Å². The maximum Gasteiger partial charge on any atom is 0.220 e. The van der Waals surface area contributed by atoms with Crippen LogP contribution in [0.15, 0.2) is 36.7 Å². The molecule has 1 atom stereocenters. The van der Waals surface area contributed by atoms with Crippen molar-refractivity contribution in [1.82, 2.24) is 25.4 Å². The molecule has 1 fully saturated rings. The molecule has 7 heteroatoms. The van der Waals surface area contributed by atoms with E-state index in [1.807, 2.05) is 34.9 Å². The zero-order chi connectivity index (χ0) is 16.8. The molecule has 2 aromatic rings. The van der Waals surface area contributed by atoms with E-state index in [1.165, 1.54) is 0 Å². The molecule has 2 heterocycles. The summed E-state index contributed by atoms with van der Waals surface area (Å²) < 4.78 is 1.90. The third-order valence-corrected chi connectivity index (χ3v) is 4.79. The summed E-state index contributed by atoms with van der Waals surface area (Å²) in [7, 11) is 0. The van der Waals surface area contributed by atoms with Crippen molar-refractivity contribution in [2.45, 2.75) is 32.7 Å². The number of halogens is 1. The highest BCUT2D eigenvalue weighted by Gasteiger charge is 2.22. The molecule has 1 aromatic carbocycles. The minimum atomic E-state index is 0. The summed E-state index contributed by atoms with van der Waals surface area (Å²) >= 11 is 0. The molecule has 1 aliphatic heterocycles. The second kappa shape index (κ2) is 9.53. The molecule has 6 nitrogen and oxygen atoms in total. The normalized spacial score (nSPS) is 16.0. The van der Waals surface area contributed by atoms with Crippen molar-refractivity contribution in [2.24, 2.45) is 11.8 Å². The van der Waals surface area contributed by atoms with Crippen molar-refractivity contribution in [3.63, 3.8) is 0 Å². The van der Waals surface area contributed by atoms with Crippen LogP contribution in [0.25, 0.3) is 5.69 Å². The van der Waals surface area contributed by atoms with Gasteiger partial charge in [-0.3, -0.25) is 9.36 Å². The summed E-state index contributed by atoms with van der Waals surface area (Å²) in [5.74, 6) is 1.89. The molecule has 1 amide bonds. The average Bonchev–Trinajstić information content (AvgIpc) is 3.10. The summed E-state index contributed by atoms with van der Waals surface area (Å²) in [6.45, 7) is 4.71. The Kier molecular flexibility index (Phi) is 7.40. The monoisotopic (exact) mass is 363 g/mol. The van der Waals surface area contributed by atoms with E-state index >= 15 is 0 Å². The standard InChI is InChI=1S/C18H25N5O.ClH/c1-14(15-7-9-19-10-8-15)11-18(24)20-12-17-22-21-13-23(17)16-5-3-2-4-6-16;/h2-6,13-15,19H,7-12H2,1H3,(H,20,24);1H. The largest absolute Gasteiger partial charge is 0.349 e. The molecule has 1 aromatic heterocycles. The second-order valence-electron chi connectivity index (χ2n) is 6.50. The zero-order valence-corrected chi connectivity index (χ0v) is 15.3. The molecular formula is C18H26ClN5O. The Labute approximate surface area is 154 Å². The van der Waals surface area contributed by atoms with Crippen LogP contribution in [0, 0.1) is 11.8 Å². The van der Waals surface area contributed by atoms with Gasteiger partial charge in [-0.25, -0.2) is 0 Å². The van der Waals surface area contributed by atoms with Crippen LogP contribution in [0.3, 0.4) is 0 Å². The van der Waals surface area contributed by atoms with Gasteiger partial charge in [0.15, 0.2) is 5.82 Å². The lowest BCUT2D eigenvalue weighted by Crippen LogP contribution is -2.33. The average molecular weight is 364 g/mol. The number of para-hydroxylation sites is 1. The number of nitrogens with one attached hydrogen (secondary N) is 2. The summed E-state index contributed by atoms with van der Waals surface area (Å²) in [5.41, 5.74) is 0.995. The van der Waals surface area contributed by atoms with Gasteiger partial charge in [-0.15, -0.1) is 22.6 Å². The SMILES string of the molecule is CC(CC(=O)NCc1nncn1-c1ccccc1)C1CCNCC1.Cl. The maximum absolute atomic E-state index is 12.3. The minimum absolute atomic E-state index is 0. The van der Waals surface area contributed by atoms with Gasteiger partial charge in [0.25, 0.3) is 0 Å². The Morgan fingerprint density at radius 1 is 1.32 bits per heavy atom. The van der Waals surface area contributed by atoms with Gasteiger partial charge in [-0.2, -0.15) is 0 Å². The minimum Gasteiger partial charge on any atom is -0.349 e. The van der Waals surface area contributed by atoms with Crippen molar-refractivity contribution in [1.29, 1.82) is 0 Å². The smallest absolute Gasteiger partial charge is 0.220 e. The lowest BCUT2D eigenvalue weighted by atomic mass is 9.84. The van der Waals surface area contributed by atoms with E-state index in [4.69, 9.17) is 0 Å². The van der Waals surface area contributed by atoms with Gasteiger partial charge in [-0.1, -0.05) is 25.1 Å². The number of aromatic nitrogens is 3. The van der Waals surface area contributed by atoms with Crippen molar-refractivity contribution in [3.05, 3.63) is 42.5 Å². The number of hydrogen-bond acceptors (Lipinski definition) is 4. The van der Waals surface area contributed by atoms with Gasteiger partial charge in [0.05, 0.1) is 6.54 Å². The first kappa shape index (κ1) is 19.4. The molecule has 1 saturated heterocycles. The predicted octanol–water partition coefficient (Wildman–Crippen LogP) is 2.33. The molecule has 3 rings (SSSR count). The van der Waals surface area contributed by atoms with E-state index in [2.05, 4.69) is 27.8 Å². The van der Waals surface area contributed by atoms with Crippen molar-refractivity contribution in [2.75, 3.05) is 13.1 Å². The Morgan fingerprint density at radius 3 is 2.76 bits per heavy atom. The molecule has 2 N–H and O–H groups in total. The van der Waals surface area contributed by atoms with E-state index in [1.54, 1.807) is 6.33 Å². The highest BCUT2D eigenvalue weighted by molar-refractivity contribution is 5.85. The summed E-state index contributed by atoms with van der Waals surface area (Å²) in [4.78, 5) is 12.3. The van der Waals surface area contributed by atoms with Gasteiger partial charge in [-0.05, 0) is 49.9 Å². The highest BCUT2D eigenvalue weighted by atomic mass is 35.5. The lowest BCUT2D eigenvalue weighted by molar-refractivity contribution is -0.122. The predicted molar refractivity (Wildman–Crippen MR) is 99.8 cm³/mol. The number of piperidine rings is 1. The molecule has 0 radical (unpaired) electrons. The fraction of sp³-hybridized carbons (Fsp3) is 0.500. The molecule has 0 saturated carbocycles. The highest BCUT2D eigenvalue weighted by Crippen LogP contribution is 2.24. The maximum atomic E-state index is 12.3. The van der Waals surface area contributed by atoms with E-state index in [0.29, 0.717) is 24.8 Å². The number of rotatable bonds is 6. The quantitative estimate of drug-likeness (QED) is 0.826. The fourth-order valence-electron chi connectivity index (χ4n) is 3.31. The van der Waals surface area contributed by atoms with Gasteiger partial charge >= 0.3 is 0 Å².